The number of amidine groups is 1. The molecule has 36 heavy (non-hydrogen) atoms. The summed E-state index contributed by atoms with van der Waals surface area (Å²) < 4.78 is 0. The third-order valence-corrected chi connectivity index (χ3v) is 6.99. The number of hydrogen-bond donors (Lipinski definition) is 4. The van der Waals surface area contributed by atoms with Crippen molar-refractivity contribution in [3.8, 4) is 11.1 Å². The number of nitrogen functional groups attached to an aromatic ring is 1. The summed E-state index contributed by atoms with van der Waals surface area (Å²) in [5.74, 6) is -0.0242. The Labute approximate surface area is 212 Å². The molecule has 6 heteroatoms. The second-order valence-electron chi connectivity index (χ2n) is 9.61. The monoisotopic (exact) mass is 482 g/mol. The highest BCUT2D eigenvalue weighted by Gasteiger charge is 2.29. The first-order valence-corrected chi connectivity index (χ1v) is 12.6. The highest BCUT2D eigenvalue weighted by atomic mass is 16.2. The second-order valence-corrected chi connectivity index (χ2v) is 9.61. The van der Waals surface area contributed by atoms with Crippen molar-refractivity contribution < 1.29 is 9.59 Å². The highest BCUT2D eigenvalue weighted by molar-refractivity contribution is 5.94. The van der Waals surface area contributed by atoms with Gasteiger partial charge in [0.1, 0.15) is 11.9 Å². The van der Waals surface area contributed by atoms with E-state index in [1.165, 1.54) is 16.7 Å². The molecule has 3 aromatic rings. The molecular weight excluding hydrogens is 448 g/mol. The number of amides is 2. The molecular formula is C30H34N4O2. The maximum absolute atomic E-state index is 13.0. The van der Waals surface area contributed by atoms with Gasteiger partial charge < -0.3 is 16.4 Å². The number of rotatable bonds is 8. The van der Waals surface area contributed by atoms with Crippen LogP contribution in [0.1, 0.15) is 55.2 Å². The van der Waals surface area contributed by atoms with E-state index in [1.54, 1.807) is 19.1 Å². The van der Waals surface area contributed by atoms with Gasteiger partial charge in [0.25, 0.3) is 0 Å². The van der Waals surface area contributed by atoms with Crippen molar-refractivity contribution in [1.29, 1.82) is 5.41 Å². The minimum absolute atomic E-state index is 0.00997. The Kier molecular flexibility index (Phi) is 8.16. The van der Waals surface area contributed by atoms with Gasteiger partial charge in [0.15, 0.2) is 0 Å². The molecule has 0 spiro atoms. The van der Waals surface area contributed by atoms with Gasteiger partial charge in [-0.25, -0.2) is 0 Å². The molecule has 1 aliphatic carbocycles. The van der Waals surface area contributed by atoms with E-state index >= 15 is 0 Å². The summed E-state index contributed by atoms with van der Waals surface area (Å²) >= 11 is 0. The summed E-state index contributed by atoms with van der Waals surface area (Å²) in [4.78, 5) is 25.6. The zero-order valence-corrected chi connectivity index (χ0v) is 20.7. The van der Waals surface area contributed by atoms with Gasteiger partial charge in [-0.3, -0.25) is 15.0 Å². The Morgan fingerprint density at radius 2 is 1.69 bits per heavy atom. The van der Waals surface area contributed by atoms with Crippen LogP contribution in [0.4, 0.5) is 0 Å². The lowest BCUT2D eigenvalue weighted by Gasteiger charge is -2.29. The summed E-state index contributed by atoms with van der Waals surface area (Å²) in [6.07, 6.45) is 3.70. The standard InChI is InChI=1S/C30H34N4O2/c1-20(29(35)33-19-21-13-15-23(16-14-21)28(31)32)34-30(36)27-12-6-11-26(18-27)25-10-5-9-24(17-25)22-7-3-2-4-8-22/h2-5,7-10,13-17,20,26-27H,6,11-12,18-19H2,1H3,(H3,31,32)(H,33,35)(H,34,36)/t20-,26-,27+/m0/s1. The second kappa shape index (κ2) is 11.7. The number of carbonyl (C=O) groups is 2. The average Bonchev–Trinajstić information content (AvgIpc) is 2.92. The molecule has 1 aliphatic rings. The number of hydrogen-bond acceptors (Lipinski definition) is 3. The predicted octanol–water partition coefficient (Wildman–Crippen LogP) is 4.73. The number of nitrogens with one attached hydrogen (secondary N) is 3. The summed E-state index contributed by atoms with van der Waals surface area (Å²) in [6, 6.07) is 25.5. The van der Waals surface area contributed by atoms with Gasteiger partial charge in [-0.1, -0.05) is 85.3 Å². The third-order valence-electron chi connectivity index (χ3n) is 6.99. The van der Waals surface area contributed by atoms with E-state index in [9.17, 15) is 9.59 Å². The van der Waals surface area contributed by atoms with Crippen molar-refractivity contribution in [3.05, 3.63) is 95.6 Å². The van der Waals surface area contributed by atoms with Gasteiger partial charge in [0, 0.05) is 18.0 Å². The van der Waals surface area contributed by atoms with Crippen molar-refractivity contribution >= 4 is 17.6 Å². The normalized spacial score (nSPS) is 18.1. The molecule has 4 rings (SSSR count). The SMILES string of the molecule is C[C@H](NC(=O)[C@@H]1CCC[C@H](c2cccc(-c3ccccc3)c2)C1)C(=O)NCc1ccc(C(=N)N)cc1. The van der Waals surface area contributed by atoms with Gasteiger partial charge in [-0.15, -0.1) is 0 Å². The van der Waals surface area contributed by atoms with Crippen molar-refractivity contribution in [2.75, 3.05) is 0 Å². The maximum atomic E-state index is 13.0. The molecule has 0 radical (unpaired) electrons. The molecule has 3 aromatic carbocycles. The Morgan fingerprint density at radius 1 is 0.972 bits per heavy atom. The third kappa shape index (κ3) is 6.39. The Hall–Kier alpha value is -3.93. The Morgan fingerprint density at radius 3 is 2.42 bits per heavy atom. The van der Waals surface area contributed by atoms with Crippen LogP contribution < -0.4 is 16.4 Å². The van der Waals surface area contributed by atoms with Crippen LogP contribution in [0.5, 0.6) is 0 Å². The Bertz CT molecular complexity index is 1210. The molecule has 0 bridgehead atoms. The average molecular weight is 483 g/mol. The van der Waals surface area contributed by atoms with Crippen molar-refractivity contribution in [2.24, 2.45) is 11.7 Å². The van der Waals surface area contributed by atoms with E-state index in [0.717, 1.165) is 31.2 Å². The first kappa shape index (κ1) is 25.2. The first-order valence-electron chi connectivity index (χ1n) is 12.6. The molecule has 0 saturated heterocycles. The van der Waals surface area contributed by atoms with Gasteiger partial charge in [0.05, 0.1) is 0 Å². The smallest absolute Gasteiger partial charge is 0.242 e. The fourth-order valence-electron chi connectivity index (χ4n) is 4.87. The first-order chi connectivity index (χ1) is 17.4. The van der Waals surface area contributed by atoms with E-state index in [2.05, 4.69) is 47.0 Å². The van der Waals surface area contributed by atoms with E-state index in [0.29, 0.717) is 18.0 Å². The molecule has 5 N–H and O–H groups in total. The molecule has 2 amide bonds. The molecule has 6 nitrogen and oxygen atoms in total. The summed E-state index contributed by atoms with van der Waals surface area (Å²) in [6.45, 7) is 2.07. The lowest BCUT2D eigenvalue weighted by atomic mass is 9.77. The number of nitrogens with two attached hydrogens (primary N) is 1. The van der Waals surface area contributed by atoms with Crippen LogP contribution in [0.3, 0.4) is 0 Å². The maximum Gasteiger partial charge on any atom is 0.242 e. The van der Waals surface area contributed by atoms with E-state index in [-0.39, 0.29) is 23.6 Å². The summed E-state index contributed by atoms with van der Waals surface area (Å²) in [5.41, 5.74) is 10.7. The fourth-order valence-corrected chi connectivity index (χ4v) is 4.87. The van der Waals surface area contributed by atoms with Gasteiger partial charge in [-0.2, -0.15) is 0 Å². The minimum Gasteiger partial charge on any atom is -0.384 e. The fraction of sp³-hybridized carbons (Fsp3) is 0.300. The lowest BCUT2D eigenvalue weighted by molar-refractivity contribution is -0.131. The molecule has 1 saturated carbocycles. The zero-order chi connectivity index (χ0) is 25.5. The Balaban J connectivity index is 1.31. The highest BCUT2D eigenvalue weighted by Crippen LogP contribution is 2.37. The largest absolute Gasteiger partial charge is 0.384 e. The van der Waals surface area contributed by atoms with Crippen LogP contribution in [0.25, 0.3) is 11.1 Å². The van der Waals surface area contributed by atoms with E-state index in [4.69, 9.17) is 11.1 Å². The van der Waals surface area contributed by atoms with Crippen LogP contribution in [0, 0.1) is 11.3 Å². The van der Waals surface area contributed by atoms with Gasteiger partial charge in [0.2, 0.25) is 11.8 Å². The van der Waals surface area contributed by atoms with Crippen molar-refractivity contribution in [3.63, 3.8) is 0 Å². The molecule has 3 atom stereocenters. The lowest BCUT2D eigenvalue weighted by Crippen LogP contribution is -2.47. The molecule has 0 heterocycles. The van der Waals surface area contributed by atoms with Crippen LogP contribution in [0.2, 0.25) is 0 Å². The van der Waals surface area contributed by atoms with Crippen LogP contribution in [0.15, 0.2) is 78.9 Å². The van der Waals surface area contributed by atoms with Crippen molar-refractivity contribution in [1.82, 2.24) is 10.6 Å². The summed E-state index contributed by atoms with van der Waals surface area (Å²) in [5, 5.41) is 13.3. The van der Waals surface area contributed by atoms with E-state index < -0.39 is 6.04 Å². The summed E-state index contributed by atoms with van der Waals surface area (Å²) in [7, 11) is 0. The minimum atomic E-state index is -0.615. The number of carbonyl (C=O) groups excluding carboxylic acids is 2. The van der Waals surface area contributed by atoms with Crippen LogP contribution >= 0.6 is 0 Å². The number of benzene rings is 3. The molecule has 0 aliphatic heterocycles. The molecule has 0 aromatic heterocycles. The van der Waals surface area contributed by atoms with E-state index in [1.807, 2.05) is 30.3 Å². The topological polar surface area (TPSA) is 108 Å². The van der Waals surface area contributed by atoms with Gasteiger partial charge in [-0.05, 0) is 54.4 Å². The molecule has 1 fully saturated rings. The van der Waals surface area contributed by atoms with Gasteiger partial charge >= 0.3 is 0 Å². The van der Waals surface area contributed by atoms with Crippen molar-refractivity contribution in [2.45, 2.75) is 51.1 Å². The molecule has 186 valence electrons. The quantitative estimate of drug-likeness (QED) is 0.275. The molecule has 0 unspecified atom stereocenters. The van der Waals surface area contributed by atoms with Crippen LogP contribution in [-0.4, -0.2) is 23.7 Å². The van der Waals surface area contributed by atoms with Crippen LogP contribution in [-0.2, 0) is 16.1 Å². The zero-order valence-electron chi connectivity index (χ0n) is 20.7. The predicted molar refractivity (Wildman–Crippen MR) is 143 cm³/mol.